The van der Waals surface area contributed by atoms with E-state index in [9.17, 15) is 0 Å². The normalized spacial score (nSPS) is 18.2. The van der Waals surface area contributed by atoms with Crippen molar-refractivity contribution < 1.29 is 14.2 Å². The summed E-state index contributed by atoms with van der Waals surface area (Å²) in [6.07, 6.45) is 5.71. The van der Waals surface area contributed by atoms with Crippen molar-refractivity contribution >= 4 is 5.96 Å². The lowest BCUT2D eigenvalue weighted by Gasteiger charge is -2.21. The Morgan fingerprint density at radius 2 is 2.12 bits per heavy atom. The molecule has 3 N–H and O–H groups in total. The first kappa shape index (κ1) is 18.4. The summed E-state index contributed by atoms with van der Waals surface area (Å²) < 4.78 is 16.2. The zero-order chi connectivity index (χ0) is 17.2. The first-order valence-corrected chi connectivity index (χ1v) is 8.59. The summed E-state index contributed by atoms with van der Waals surface area (Å²) in [5.41, 5.74) is 7.06. The van der Waals surface area contributed by atoms with Crippen LogP contribution in [0.15, 0.2) is 23.2 Å². The first-order valence-electron chi connectivity index (χ1n) is 8.59. The standard InChI is InChI=1S/C18H29N3O3/c1-22-16-7-6-14(13-17(16)23-2)8-10-20-18(19)21-11-9-15-5-3-4-12-24-15/h6-7,13,15H,3-5,8-12H2,1-2H3,(H3,19,20,21). The monoisotopic (exact) mass is 335 g/mol. The van der Waals surface area contributed by atoms with Gasteiger partial charge in [0.2, 0.25) is 0 Å². The van der Waals surface area contributed by atoms with E-state index in [0.29, 0.717) is 18.6 Å². The Morgan fingerprint density at radius 3 is 2.83 bits per heavy atom. The fraction of sp³-hybridized carbons (Fsp3) is 0.611. The van der Waals surface area contributed by atoms with Gasteiger partial charge in [-0.3, -0.25) is 4.99 Å². The van der Waals surface area contributed by atoms with Gasteiger partial charge in [-0.05, 0) is 49.8 Å². The van der Waals surface area contributed by atoms with Gasteiger partial charge in [-0.2, -0.15) is 0 Å². The third-order valence-electron chi connectivity index (χ3n) is 4.17. The number of hydrogen-bond acceptors (Lipinski definition) is 4. The average Bonchev–Trinajstić information content (AvgIpc) is 2.62. The number of aliphatic imine (C=N–C) groups is 1. The maximum absolute atomic E-state index is 5.91. The summed E-state index contributed by atoms with van der Waals surface area (Å²) in [5, 5.41) is 3.15. The van der Waals surface area contributed by atoms with Crippen LogP contribution >= 0.6 is 0 Å². The molecule has 1 atom stereocenters. The van der Waals surface area contributed by atoms with Crippen LogP contribution in [0.2, 0.25) is 0 Å². The van der Waals surface area contributed by atoms with E-state index in [1.54, 1.807) is 14.2 Å². The van der Waals surface area contributed by atoms with Crippen LogP contribution in [0, 0.1) is 0 Å². The summed E-state index contributed by atoms with van der Waals surface area (Å²) in [7, 11) is 3.27. The maximum atomic E-state index is 5.91. The Balaban J connectivity index is 1.69. The minimum atomic E-state index is 0.349. The van der Waals surface area contributed by atoms with Crippen LogP contribution in [0.3, 0.4) is 0 Å². The van der Waals surface area contributed by atoms with Crippen molar-refractivity contribution in [2.45, 2.75) is 38.2 Å². The highest BCUT2D eigenvalue weighted by Crippen LogP contribution is 2.27. The molecule has 134 valence electrons. The molecular formula is C18H29N3O3. The molecule has 6 nitrogen and oxygen atoms in total. The molecule has 1 fully saturated rings. The molecule has 1 aliphatic rings. The molecule has 0 bridgehead atoms. The van der Waals surface area contributed by atoms with Crippen molar-refractivity contribution in [3.8, 4) is 11.5 Å². The van der Waals surface area contributed by atoms with E-state index >= 15 is 0 Å². The van der Waals surface area contributed by atoms with Crippen LogP contribution in [-0.4, -0.2) is 46.0 Å². The van der Waals surface area contributed by atoms with E-state index < -0.39 is 0 Å². The Labute approximate surface area is 144 Å². The highest BCUT2D eigenvalue weighted by Gasteiger charge is 2.12. The van der Waals surface area contributed by atoms with E-state index in [4.69, 9.17) is 19.9 Å². The van der Waals surface area contributed by atoms with E-state index in [-0.39, 0.29) is 0 Å². The smallest absolute Gasteiger partial charge is 0.188 e. The zero-order valence-corrected chi connectivity index (χ0v) is 14.7. The van der Waals surface area contributed by atoms with E-state index in [2.05, 4.69) is 10.3 Å². The van der Waals surface area contributed by atoms with Gasteiger partial charge in [0.05, 0.1) is 20.3 Å². The number of methoxy groups -OCH3 is 2. The van der Waals surface area contributed by atoms with Gasteiger partial charge in [0.25, 0.3) is 0 Å². The largest absolute Gasteiger partial charge is 0.493 e. The number of nitrogens with one attached hydrogen (secondary N) is 1. The summed E-state index contributed by atoms with van der Waals surface area (Å²) >= 11 is 0. The molecule has 1 saturated heterocycles. The van der Waals surface area contributed by atoms with Gasteiger partial charge in [0, 0.05) is 19.7 Å². The highest BCUT2D eigenvalue weighted by atomic mass is 16.5. The van der Waals surface area contributed by atoms with Crippen LogP contribution in [0.5, 0.6) is 11.5 Å². The minimum Gasteiger partial charge on any atom is -0.493 e. The van der Waals surface area contributed by atoms with Gasteiger partial charge < -0.3 is 25.3 Å². The van der Waals surface area contributed by atoms with Gasteiger partial charge in [-0.1, -0.05) is 6.07 Å². The molecule has 6 heteroatoms. The number of hydrogen-bond donors (Lipinski definition) is 2. The molecule has 0 spiro atoms. The van der Waals surface area contributed by atoms with Crippen molar-refractivity contribution in [2.75, 3.05) is 33.9 Å². The number of benzene rings is 1. The van der Waals surface area contributed by atoms with Crippen LogP contribution < -0.4 is 20.5 Å². The van der Waals surface area contributed by atoms with Gasteiger partial charge >= 0.3 is 0 Å². The molecule has 0 radical (unpaired) electrons. The summed E-state index contributed by atoms with van der Waals surface area (Å²) in [6, 6.07) is 5.92. The molecular weight excluding hydrogens is 306 g/mol. The Morgan fingerprint density at radius 1 is 1.29 bits per heavy atom. The predicted molar refractivity (Wildman–Crippen MR) is 96.0 cm³/mol. The summed E-state index contributed by atoms with van der Waals surface area (Å²) in [4.78, 5) is 4.37. The molecule has 1 aromatic carbocycles. The third kappa shape index (κ3) is 5.92. The van der Waals surface area contributed by atoms with Gasteiger partial charge in [0.15, 0.2) is 17.5 Å². The van der Waals surface area contributed by atoms with E-state index in [1.165, 1.54) is 12.8 Å². The first-order chi connectivity index (χ1) is 11.7. The second kappa shape index (κ2) is 10.0. The minimum absolute atomic E-state index is 0.349. The molecule has 0 aromatic heterocycles. The lowest BCUT2D eigenvalue weighted by Crippen LogP contribution is -2.33. The summed E-state index contributed by atoms with van der Waals surface area (Å²) in [6.45, 7) is 2.32. The van der Waals surface area contributed by atoms with Crippen molar-refractivity contribution in [2.24, 2.45) is 10.7 Å². The summed E-state index contributed by atoms with van der Waals surface area (Å²) in [5.74, 6) is 1.97. The van der Waals surface area contributed by atoms with Gasteiger partial charge in [-0.15, -0.1) is 0 Å². The molecule has 2 rings (SSSR count). The SMILES string of the molecule is COc1ccc(CCNC(N)=NCCC2CCCCO2)cc1OC. The molecule has 0 saturated carbocycles. The predicted octanol–water partition coefficient (Wildman–Crippen LogP) is 2.11. The lowest BCUT2D eigenvalue weighted by molar-refractivity contribution is 0.0129. The molecule has 1 unspecified atom stereocenters. The zero-order valence-electron chi connectivity index (χ0n) is 14.7. The van der Waals surface area contributed by atoms with Gasteiger partial charge in [-0.25, -0.2) is 0 Å². The molecule has 24 heavy (non-hydrogen) atoms. The molecule has 0 aliphatic carbocycles. The maximum Gasteiger partial charge on any atom is 0.188 e. The van der Waals surface area contributed by atoms with Crippen LogP contribution in [0.25, 0.3) is 0 Å². The van der Waals surface area contributed by atoms with Crippen molar-refractivity contribution in [3.05, 3.63) is 23.8 Å². The Kier molecular flexibility index (Phi) is 7.68. The Hall–Kier alpha value is -1.95. The number of rotatable bonds is 8. The second-order valence-electron chi connectivity index (χ2n) is 5.91. The average molecular weight is 335 g/mol. The van der Waals surface area contributed by atoms with E-state index in [1.807, 2.05) is 18.2 Å². The number of guanidine groups is 1. The molecule has 0 amide bonds. The second-order valence-corrected chi connectivity index (χ2v) is 5.91. The van der Waals surface area contributed by atoms with E-state index in [0.717, 1.165) is 49.5 Å². The quantitative estimate of drug-likeness (QED) is 0.562. The number of nitrogens with zero attached hydrogens (tertiary/aromatic N) is 1. The third-order valence-corrected chi connectivity index (χ3v) is 4.17. The number of nitrogens with two attached hydrogens (primary N) is 1. The van der Waals surface area contributed by atoms with Crippen LogP contribution in [0.1, 0.15) is 31.2 Å². The van der Waals surface area contributed by atoms with Crippen LogP contribution in [-0.2, 0) is 11.2 Å². The van der Waals surface area contributed by atoms with Crippen molar-refractivity contribution in [1.82, 2.24) is 5.32 Å². The molecule has 1 aromatic rings. The Bertz CT molecular complexity index is 528. The number of ether oxygens (including phenoxy) is 3. The van der Waals surface area contributed by atoms with Gasteiger partial charge in [0.1, 0.15) is 0 Å². The lowest BCUT2D eigenvalue weighted by atomic mass is 10.1. The molecule has 1 aliphatic heterocycles. The highest BCUT2D eigenvalue weighted by molar-refractivity contribution is 5.77. The van der Waals surface area contributed by atoms with Crippen molar-refractivity contribution in [1.29, 1.82) is 0 Å². The van der Waals surface area contributed by atoms with Crippen molar-refractivity contribution in [3.63, 3.8) is 0 Å². The van der Waals surface area contributed by atoms with Crippen LogP contribution in [0.4, 0.5) is 0 Å². The fourth-order valence-corrected chi connectivity index (χ4v) is 2.79. The topological polar surface area (TPSA) is 78.1 Å². The molecule has 1 heterocycles. The fourth-order valence-electron chi connectivity index (χ4n) is 2.79.